The molecular weight excluding hydrogens is 474 g/mol. The molecule has 3 aromatic rings. The van der Waals surface area contributed by atoms with E-state index in [-0.39, 0.29) is 17.7 Å². The molecule has 2 amide bonds. The average molecular weight is 494 g/mol. The number of carbonyl (C=O) groups excluding carboxylic acids is 2. The van der Waals surface area contributed by atoms with Crippen LogP contribution in [0.15, 0.2) is 82.2 Å². The molecule has 3 aromatic carbocycles. The van der Waals surface area contributed by atoms with Crippen LogP contribution in [-0.4, -0.2) is 16.0 Å². The van der Waals surface area contributed by atoms with Crippen LogP contribution in [-0.2, 0) is 17.9 Å². The Kier molecular flexibility index (Phi) is 6.59. The van der Waals surface area contributed by atoms with E-state index in [1.54, 1.807) is 6.08 Å². The summed E-state index contributed by atoms with van der Waals surface area (Å²) in [6, 6.07) is 23.3. The first-order chi connectivity index (χ1) is 15.0. The van der Waals surface area contributed by atoms with Gasteiger partial charge in [0.25, 0.3) is 11.1 Å². The Morgan fingerprint density at radius 3 is 2.23 bits per heavy atom. The summed E-state index contributed by atoms with van der Waals surface area (Å²) in [5, 5.41) is -0.244. The second-order valence-corrected chi connectivity index (χ2v) is 9.15. The Hall–Kier alpha value is -2.83. The highest BCUT2D eigenvalue weighted by Crippen LogP contribution is 2.33. The summed E-state index contributed by atoms with van der Waals surface area (Å²) in [4.78, 5) is 26.8. The second kappa shape index (κ2) is 9.54. The van der Waals surface area contributed by atoms with Crippen LogP contribution in [0.25, 0.3) is 6.08 Å². The first kappa shape index (κ1) is 21.4. The molecule has 1 saturated heterocycles. The normalized spacial score (nSPS) is 15.0. The number of hydrogen-bond acceptors (Lipinski definition) is 4. The number of thioether (sulfide) groups is 1. The quantitative estimate of drug-likeness (QED) is 0.364. The molecule has 0 N–H and O–H groups in total. The van der Waals surface area contributed by atoms with Gasteiger partial charge in [0.15, 0.2) is 0 Å². The number of halogens is 1. The Labute approximate surface area is 194 Å². The zero-order chi connectivity index (χ0) is 21.8. The van der Waals surface area contributed by atoms with Crippen LogP contribution in [0.4, 0.5) is 4.79 Å². The van der Waals surface area contributed by atoms with Gasteiger partial charge in [-0.3, -0.25) is 14.5 Å². The Balaban J connectivity index is 1.39. The smallest absolute Gasteiger partial charge is 0.293 e. The lowest BCUT2D eigenvalue weighted by Crippen LogP contribution is -2.27. The van der Waals surface area contributed by atoms with Crippen molar-refractivity contribution in [1.29, 1.82) is 0 Å². The lowest BCUT2D eigenvalue weighted by Gasteiger charge is -2.12. The number of carbonyl (C=O) groups is 2. The molecule has 1 aliphatic heterocycles. The first-order valence-electron chi connectivity index (χ1n) is 9.76. The van der Waals surface area contributed by atoms with Gasteiger partial charge in [0.05, 0.1) is 11.4 Å². The molecule has 0 radical (unpaired) electrons. The zero-order valence-corrected chi connectivity index (χ0v) is 19.3. The minimum absolute atomic E-state index is 0.244. The van der Waals surface area contributed by atoms with Gasteiger partial charge in [0.2, 0.25) is 0 Å². The van der Waals surface area contributed by atoms with E-state index in [9.17, 15) is 9.59 Å². The highest BCUT2D eigenvalue weighted by Gasteiger charge is 2.34. The first-order valence-corrected chi connectivity index (χ1v) is 11.4. The molecule has 0 atom stereocenters. The summed E-state index contributed by atoms with van der Waals surface area (Å²) in [6.45, 7) is 2.76. The number of aryl methyl sites for hydroxylation is 1. The summed E-state index contributed by atoms with van der Waals surface area (Å²) in [7, 11) is 0. The van der Waals surface area contributed by atoms with E-state index in [1.807, 2.05) is 79.7 Å². The molecule has 0 unspecified atom stereocenters. The van der Waals surface area contributed by atoms with E-state index in [0.717, 1.165) is 44.2 Å². The molecular formula is C25H20BrNO3S. The SMILES string of the molecule is Cc1ccc(CN2C(=O)S/C(=C\c3ccc(OCc4ccc(Br)cc4)cc3)C2=O)cc1. The molecule has 0 spiro atoms. The van der Waals surface area contributed by atoms with Crippen molar-refractivity contribution in [2.24, 2.45) is 0 Å². The topological polar surface area (TPSA) is 46.6 Å². The molecule has 4 rings (SSSR count). The summed E-state index contributed by atoms with van der Waals surface area (Å²) in [6.07, 6.45) is 1.75. The molecule has 1 fully saturated rings. The number of amides is 2. The number of ether oxygens (including phenoxy) is 1. The van der Waals surface area contributed by atoms with Gasteiger partial charge in [0.1, 0.15) is 12.4 Å². The summed E-state index contributed by atoms with van der Waals surface area (Å²) in [5.41, 5.74) is 4.00. The van der Waals surface area contributed by atoms with Crippen molar-refractivity contribution in [3.63, 3.8) is 0 Å². The van der Waals surface area contributed by atoms with Gasteiger partial charge in [-0.25, -0.2) is 0 Å². The number of benzene rings is 3. The van der Waals surface area contributed by atoms with E-state index in [0.29, 0.717) is 11.5 Å². The van der Waals surface area contributed by atoms with Crippen LogP contribution in [0.1, 0.15) is 22.3 Å². The third-order valence-electron chi connectivity index (χ3n) is 4.83. The van der Waals surface area contributed by atoms with E-state index in [1.165, 1.54) is 4.90 Å². The van der Waals surface area contributed by atoms with E-state index in [4.69, 9.17) is 4.74 Å². The fourth-order valence-electron chi connectivity index (χ4n) is 3.07. The van der Waals surface area contributed by atoms with E-state index in [2.05, 4.69) is 15.9 Å². The van der Waals surface area contributed by atoms with Gasteiger partial charge in [0, 0.05) is 4.47 Å². The zero-order valence-electron chi connectivity index (χ0n) is 16.9. The Bertz CT molecular complexity index is 1120. The molecule has 0 saturated carbocycles. The van der Waals surface area contributed by atoms with Crippen molar-refractivity contribution in [3.8, 4) is 5.75 Å². The predicted octanol–water partition coefficient (Wildman–Crippen LogP) is 6.57. The maximum atomic E-state index is 12.7. The molecule has 0 aliphatic carbocycles. The van der Waals surface area contributed by atoms with Gasteiger partial charge in [-0.05, 0) is 65.7 Å². The van der Waals surface area contributed by atoms with Crippen molar-refractivity contribution in [1.82, 2.24) is 4.90 Å². The van der Waals surface area contributed by atoms with Gasteiger partial charge < -0.3 is 4.74 Å². The number of nitrogens with zero attached hydrogens (tertiary/aromatic N) is 1. The number of rotatable bonds is 6. The van der Waals surface area contributed by atoms with Gasteiger partial charge in [-0.1, -0.05) is 70.0 Å². The molecule has 156 valence electrons. The average Bonchev–Trinajstić information content (AvgIpc) is 3.03. The molecule has 0 bridgehead atoms. The monoisotopic (exact) mass is 493 g/mol. The second-order valence-electron chi connectivity index (χ2n) is 7.24. The minimum atomic E-state index is -0.258. The third kappa shape index (κ3) is 5.46. The Morgan fingerprint density at radius 1 is 0.903 bits per heavy atom. The lowest BCUT2D eigenvalue weighted by molar-refractivity contribution is -0.123. The molecule has 0 aromatic heterocycles. The van der Waals surface area contributed by atoms with Crippen LogP contribution in [0.5, 0.6) is 5.75 Å². The van der Waals surface area contributed by atoms with Crippen molar-refractivity contribution in [2.75, 3.05) is 0 Å². The molecule has 1 heterocycles. The Morgan fingerprint density at radius 2 is 1.55 bits per heavy atom. The predicted molar refractivity (Wildman–Crippen MR) is 128 cm³/mol. The summed E-state index contributed by atoms with van der Waals surface area (Å²) >= 11 is 4.40. The van der Waals surface area contributed by atoms with Crippen LogP contribution >= 0.6 is 27.7 Å². The highest BCUT2D eigenvalue weighted by molar-refractivity contribution is 9.10. The van der Waals surface area contributed by atoms with Crippen molar-refractivity contribution in [3.05, 3.63) is 104 Å². The molecule has 6 heteroatoms. The summed E-state index contributed by atoms with van der Waals surface area (Å²) in [5.74, 6) is 0.485. The van der Waals surface area contributed by atoms with Crippen LogP contribution in [0.3, 0.4) is 0 Å². The number of imide groups is 1. The van der Waals surface area contributed by atoms with Crippen LogP contribution < -0.4 is 4.74 Å². The van der Waals surface area contributed by atoms with Crippen LogP contribution in [0.2, 0.25) is 0 Å². The van der Waals surface area contributed by atoms with Gasteiger partial charge in [-0.15, -0.1) is 0 Å². The third-order valence-corrected chi connectivity index (χ3v) is 6.27. The molecule has 1 aliphatic rings. The number of hydrogen-bond donors (Lipinski definition) is 0. The minimum Gasteiger partial charge on any atom is -0.489 e. The van der Waals surface area contributed by atoms with Crippen molar-refractivity contribution in [2.45, 2.75) is 20.1 Å². The fourth-order valence-corrected chi connectivity index (χ4v) is 4.17. The lowest BCUT2D eigenvalue weighted by atomic mass is 10.1. The highest BCUT2D eigenvalue weighted by atomic mass is 79.9. The van der Waals surface area contributed by atoms with Crippen LogP contribution in [0, 0.1) is 6.92 Å². The molecule has 4 nitrogen and oxygen atoms in total. The fraction of sp³-hybridized carbons (Fsp3) is 0.120. The standard InChI is InChI=1S/C25H20BrNO3S/c1-17-2-4-19(5-3-17)15-27-24(28)23(31-25(27)29)14-18-8-12-22(13-9-18)30-16-20-6-10-21(26)11-7-20/h2-14H,15-16H2,1H3/b23-14-. The van der Waals surface area contributed by atoms with Crippen molar-refractivity contribution >= 4 is 44.9 Å². The largest absolute Gasteiger partial charge is 0.489 e. The molecule has 31 heavy (non-hydrogen) atoms. The van der Waals surface area contributed by atoms with Crippen molar-refractivity contribution < 1.29 is 14.3 Å². The van der Waals surface area contributed by atoms with Gasteiger partial charge in [-0.2, -0.15) is 0 Å². The van der Waals surface area contributed by atoms with Gasteiger partial charge >= 0.3 is 0 Å². The maximum absolute atomic E-state index is 12.7. The maximum Gasteiger partial charge on any atom is 0.293 e. The van der Waals surface area contributed by atoms with E-state index >= 15 is 0 Å². The van der Waals surface area contributed by atoms with E-state index < -0.39 is 0 Å². The summed E-state index contributed by atoms with van der Waals surface area (Å²) < 4.78 is 6.85.